The minimum atomic E-state index is -3.94. The lowest BCUT2D eigenvalue weighted by molar-refractivity contribution is -0.153. The number of hydrogen-bond donors (Lipinski definition) is 1. The maximum atomic E-state index is 13.6. The van der Waals surface area contributed by atoms with E-state index in [1.54, 1.807) is 12.1 Å². The smallest absolute Gasteiger partial charge is 0.334 e. The van der Waals surface area contributed by atoms with Gasteiger partial charge in [0.1, 0.15) is 11.6 Å². The van der Waals surface area contributed by atoms with Gasteiger partial charge in [0.05, 0.1) is 45.0 Å². The van der Waals surface area contributed by atoms with Gasteiger partial charge in [-0.2, -0.15) is 4.31 Å². The highest BCUT2D eigenvalue weighted by Crippen LogP contribution is 2.40. The third kappa shape index (κ3) is 10.5. The van der Waals surface area contributed by atoms with Gasteiger partial charge in [-0.05, 0) is 73.9 Å². The molecule has 3 heterocycles. The fourth-order valence-electron chi connectivity index (χ4n) is 8.27. The van der Waals surface area contributed by atoms with Crippen LogP contribution >= 0.6 is 10.7 Å². The standard InChI is InChI=1S/C23H31F2N3O5S.C18H23ClF2N2O2S/c1-22(2,3)21-26-17-12-16(34(31,32)27-10-11-33-19(14-27)20(29)30)4-5-18(17)28(21)13-15-6-8-23(24,25)9-7-15;1-17(2,3)16-22-14-10-13(26(19,24)25)4-5-15(14)23(16)11-12-6-8-18(20,21)9-7-12/h4-5,12,15,19H,6-11,13-14H2,1-3H3,(H,29,30);4-5,10,12H,6-9,11H2,1-3H3. The Bertz CT molecular complexity index is 2440. The molecule has 332 valence electrons. The Morgan fingerprint density at radius 2 is 1.18 bits per heavy atom. The number of ether oxygens (including phenoxy) is 1. The van der Waals surface area contributed by atoms with E-state index in [0.29, 0.717) is 49.8 Å². The molecule has 0 bridgehead atoms. The number of imidazole rings is 2. The molecule has 60 heavy (non-hydrogen) atoms. The molecule has 2 aromatic carbocycles. The number of carboxylic acid groups (broad SMARTS) is 1. The zero-order valence-electron chi connectivity index (χ0n) is 34.7. The van der Waals surface area contributed by atoms with E-state index in [4.69, 9.17) is 20.4 Å². The van der Waals surface area contributed by atoms with E-state index in [-0.39, 0.29) is 77.8 Å². The average Bonchev–Trinajstić information content (AvgIpc) is 3.71. The summed E-state index contributed by atoms with van der Waals surface area (Å²) in [5.74, 6) is -4.51. The molecule has 1 unspecified atom stereocenters. The molecule has 2 aromatic heterocycles. The number of rotatable bonds is 8. The van der Waals surface area contributed by atoms with Gasteiger partial charge >= 0.3 is 5.97 Å². The summed E-state index contributed by atoms with van der Waals surface area (Å²) in [5, 5.41) is 9.21. The Kier molecular flexibility index (Phi) is 12.9. The van der Waals surface area contributed by atoms with Crippen molar-refractivity contribution in [1.82, 2.24) is 23.4 Å². The lowest BCUT2D eigenvalue weighted by Gasteiger charge is -2.30. The van der Waals surface area contributed by atoms with Gasteiger partial charge < -0.3 is 19.0 Å². The van der Waals surface area contributed by atoms with Gasteiger partial charge in [-0.25, -0.2) is 49.2 Å². The van der Waals surface area contributed by atoms with Crippen molar-refractivity contribution in [2.45, 2.75) is 145 Å². The second-order valence-corrected chi connectivity index (χ2v) is 23.0. The molecule has 4 aromatic rings. The Morgan fingerprint density at radius 3 is 1.58 bits per heavy atom. The van der Waals surface area contributed by atoms with Crippen molar-refractivity contribution in [1.29, 1.82) is 0 Å². The summed E-state index contributed by atoms with van der Waals surface area (Å²) in [5.41, 5.74) is 2.02. The number of aromatic nitrogens is 4. The molecule has 12 nitrogen and oxygen atoms in total. The average molecular weight is 904 g/mol. The SMILES string of the molecule is CC(C)(C)c1nc2cc(S(=O)(=O)Cl)ccc2n1CC1CCC(F)(F)CC1.CC(C)(C)c1nc2cc(S(=O)(=O)N3CCOC(C(=O)O)C3)ccc2n1CC1CCC(F)(F)CC1. The van der Waals surface area contributed by atoms with Crippen molar-refractivity contribution >= 4 is 57.8 Å². The van der Waals surface area contributed by atoms with E-state index in [0.717, 1.165) is 27.0 Å². The van der Waals surface area contributed by atoms with Crippen LogP contribution in [0, 0.1) is 11.8 Å². The Hall–Kier alpha value is -3.32. The highest BCUT2D eigenvalue weighted by atomic mass is 35.7. The van der Waals surface area contributed by atoms with Crippen molar-refractivity contribution < 1.29 is 49.0 Å². The topological polar surface area (TPSA) is 154 Å². The molecule has 1 atom stereocenters. The van der Waals surface area contributed by atoms with E-state index in [1.807, 2.05) is 50.7 Å². The van der Waals surface area contributed by atoms with Crippen molar-refractivity contribution in [2.75, 3.05) is 19.7 Å². The molecule has 1 N–H and O–H groups in total. The molecule has 0 amide bonds. The summed E-state index contributed by atoms with van der Waals surface area (Å²) in [6, 6.07) is 9.35. The molecule has 0 radical (unpaired) electrons. The summed E-state index contributed by atoms with van der Waals surface area (Å²) in [7, 11) is -2.33. The van der Waals surface area contributed by atoms with Gasteiger partial charge in [-0.15, -0.1) is 0 Å². The van der Waals surface area contributed by atoms with Crippen LogP contribution in [0.15, 0.2) is 46.2 Å². The molecule has 1 aliphatic heterocycles. The third-order valence-electron chi connectivity index (χ3n) is 11.6. The van der Waals surface area contributed by atoms with Crippen LogP contribution in [-0.2, 0) is 52.5 Å². The van der Waals surface area contributed by atoms with Crippen LogP contribution in [0.5, 0.6) is 0 Å². The maximum absolute atomic E-state index is 13.6. The van der Waals surface area contributed by atoms with Gasteiger partial charge in [0.25, 0.3) is 9.05 Å². The first-order chi connectivity index (χ1) is 27.6. The van der Waals surface area contributed by atoms with Crippen LogP contribution in [0.2, 0.25) is 0 Å². The molecule has 2 aliphatic carbocycles. The van der Waals surface area contributed by atoms with Crippen LogP contribution in [0.4, 0.5) is 17.6 Å². The number of aliphatic carboxylic acids is 1. The number of carbonyl (C=O) groups is 1. The second-order valence-electron chi connectivity index (χ2n) is 18.5. The monoisotopic (exact) mass is 903 g/mol. The van der Waals surface area contributed by atoms with E-state index < -0.39 is 43.0 Å². The van der Waals surface area contributed by atoms with Gasteiger partial charge in [-0.1, -0.05) is 41.5 Å². The number of nitrogens with zero attached hydrogens (tertiary/aromatic N) is 5. The lowest BCUT2D eigenvalue weighted by Crippen LogP contribution is -2.48. The Morgan fingerprint density at radius 1 is 0.767 bits per heavy atom. The largest absolute Gasteiger partial charge is 0.479 e. The van der Waals surface area contributed by atoms with Crippen LogP contribution in [0.3, 0.4) is 0 Å². The predicted octanol–water partition coefficient (Wildman–Crippen LogP) is 8.72. The van der Waals surface area contributed by atoms with Crippen molar-refractivity contribution in [3.05, 3.63) is 48.0 Å². The van der Waals surface area contributed by atoms with E-state index in [9.17, 15) is 44.3 Å². The Labute approximate surface area is 353 Å². The van der Waals surface area contributed by atoms with Crippen molar-refractivity contribution in [3.63, 3.8) is 0 Å². The molecule has 0 spiro atoms. The summed E-state index contributed by atoms with van der Waals surface area (Å²) in [6.07, 6.45) is 0.224. The number of sulfonamides is 1. The first-order valence-corrected chi connectivity index (χ1v) is 24.0. The first-order valence-electron chi connectivity index (χ1n) is 20.2. The number of halogens is 5. The number of carboxylic acids is 1. The fourth-order valence-corrected chi connectivity index (χ4v) is 10.5. The molecule has 19 heteroatoms. The summed E-state index contributed by atoms with van der Waals surface area (Å²) in [6.45, 7) is 13.1. The van der Waals surface area contributed by atoms with E-state index in [2.05, 4.69) is 4.98 Å². The quantitative estimate of drug-likeness (QED) is 0.135. The van der Waals surface area contributed by atoms with E-state index >= 15 is 0 Å². The van der Waals surface area contributed by atoms with Crippen LogP contribution in [0.25, 0.3) is 22.1 Å². The molecular weight excluding hydrogens is 850 g/mol. The number of benzene rings is 2. The summed E-state index contributed by atoms with van der Waals surface area (Å²) < 4.78 is 114. The van der Waals surface area contributed by atoms with Gasteiger partial charge in [0.2, 0.25) is 21.9 Å². The maximum Gasteiger partial charge on any atom is 0.334 e. The minimum absolute atomic E-state index is 0.00166. The lowest BCUT2D eigenvalue weighted by atomic mass is 9.86. The fraction of sp³-hybridized carbons (Fsp3) is 0.634. The number of fused-ring (bicyclic) bond motifs is 2. The zero-order chi connectivity index (χ0) is 44.2. The number of morpholine rings is 1. The van der Waals surface area contributed by atoms with Crippen LogP contribution in [0.1, 0.15) is 105 Å². The van der Waals surface area contributed by atoms with Crippen molar-refractivity contribution in [2.24, 2.45) is 11.8 Å². The summed E-state index contributed by atoms with van der Waals surface area (Å²) in [4.78, 5) is 20.7. The first kappa shape index (κ1) is 46.2. The Balaban J connectivity index is 0.000000209. The molecular formula is C41H54ClF4N5O7S2. The molecule has 2 saturated carbocycles. The third-order valence-corrected chi connectivity index (χ3v) is 14.8. The van der Waals surface area contributed by atoms with Crippen molar-refractivity contribution in [3.8, 4) is 0 Å². The number of alkyl halides is 4. The number of hydrogen-bond acceptors (Lipinski definition) is 8. The highest BCUT2D eigenvalue weighted by Gasteiger charge is 2.38. The molecule has 1 saturated heterocycles. The zero-order valence-corrected chi connectivity index (χ0v) is 37.1. The van der Waals surface area contributed by atoms with Gasteiger partial charge in [0.15, 0.2) is 6.10 Å². The van der Waals surface area contributed by atoms with Crippen LogP contribution in [-0.4, -0.2) is 89.0 Å². The summed E-state index contributed by atoms with van der Waals surface area (Å²) >= 11 is 0. The van der Waals surface area contributed by atoms with Gasteiger partial charge in [0, 0.05) is 66.8 Å². The molecule has 3 fully saturated rings. The highest BCUT2D eigenvalue weighted by molar-refractivity contribution is 8.13. The van der Waals surface area contributed by atoms with E-state index in [1.165, 1.54) is 24.3 Å². The molecule has 7 rings (SSSR count). The predicted molar refractivity (Wildman–Crippen MR) is 220 cm³/mol. The molecule has 3 aliphatic rings. The minimum Gasteiger partial charge on any atom is -0.479 e. The van der Waals surface area contributed by atoms with Crippen LogP contribution < -0.4 is 0 Å². The normalized spacial score (nSPS) is 21.2. The van der Waals surface area contributed by atoms with Gasteiger partial charge in [-0.3, -0.25) is 0 Å². The second kappa shape index (κ2) is 16.8.